The number of sulfonamides is 1. The minimum atomic E-state index is -3.88. The van der Waals surface area contributed by atoms with Crippen molar-refractivity contribution in [3.05, 3.63) is 83.9 Å². The van der Waals surface area contributed by atoms with Crippen LogP contribution in [0.5, 0.6) is 5.75 Å². The van der Waals surface area contributed by atoms with Crippen molar-refractivity contribution in [1.29, 1.82) is 0 Å². The van der Waals surface area contributed by atoms with Crippen LogP contribution in [-0.4, -0.2) is 71.6 Å². The molecule has 37 heavy (non-hydrogen) atoms. The molecule has 0 fully saturated rings. The first-order valence-electron chi connectivity index (χ1n) is 12.4. The molecule has 0 bridgehead atoms. The zero-order valence-corrected chi connectivity index (χ0v) is 22.3. The van der Waals surface area contributed by atoms with E-state index < -0.39 is 16.1 Å². The van der Waals surface area contributed by atoms with Gasteiger partial charge in [0.2, 0.25) is 10.0 Å². The minimum absolute atomic E-state index is 0.112. The summed E-state index contributed by atoms with van der Waals surface area (Å²) in [7, 11) is -1.88. The summed E-state index contributed by atoms with van der Waals surface area (Å²) < 4.78 is 35.2. The van der Waals surface area contributed by atoms with Crippen LogP contribution in [0.15, 0.2) is 72.1 Å². The van der Waals surface area contributed by atoms with Crippen molar-refractivity contribution in [2.45, 2.75) is 37.4 Å². The van der Waals surface area contributed by atoms with E-state index in [0.29, 0.717) is 18.8 Å². The number of hydrogen-bond acceptors (Lipinski definition) is 7. The van der Waals surface area contributed by atoms with E-state index in [1.165, 1.54) is 10.6 Å². The van der Waals surface area contributed by atoms with Gasteiger partial charge in [-0.2, -0.15) is 4.31 Å². The predicted octanol–water partition coefficient (Wildman–Crippen LogP) is 3.55. The molecule has 1 aliphatic rings. The first-order chi connectivity index (χ1) is 17.8. The number of likely N-dealkylation sites (N-methyl/N-ethyl adjacent to an activating group) is 1. The lowest BCUT2D eigenvalue weighted by molar-refractivity contribution is 0.0733. The molecule has 0 saturated carbocycles. The maximum absolute atomic E-state index is 13.7. The van der Waals surface area contributed by atoms with Crippen LogP contribution in [0.25, 0.3) is 12.2 Å². The Balaban J connectivity index is 1.68. The molecule has 1 aromatic heterocycles. The number of ether oxygens (including phenoxy) is 1. The summed E-state index contributed by atoms with van der Waals surface area (Å²) in [5, 5.41) is 9.85. The Morgan fingerprint density at radius 1 is 1.14 bits per heavy atom. The molecule has 3 atom stereocenters. The Morgan fingerprint density at radius 3 is 2.54 bits per heavy atom. The van der Waals surface area contributed by atoms with Crippen molar-refractivity contribution >= 4 is 22.2 Å². The Morgan fingerprint density at radius 2 is 1.84 bits per heavy atom. The van der Waals surface area contributed by atoms with Crippen LogP contribution in [0.2, 0.25) is 0 Å². The van der Waals surface area contributed by atoms with Crippen LogP contribution in [0.1, 0.15) is 30.5 Å². The molecule has 0 aliphatic carbocycles. The van der Waals surface area contributed by atoms with Gasteiger partial charge in [0.15, 0.2) is 0 Å². The van der Waals surface area contributed by atoms with Crippen molar-refractivity contribution in [1.82, 2.24) is 19.2 Å². The number of rotatable bonds is 8. The molecule has 0 spiro atoms. The zero-order valence-electron chi connectivity index (χ0n) is 21.4. The van der Waals surface area contributed by atoms with Gasteiger partial charge in [0.05, 0.1) is 6.61 Å². The molecule has 196 valence electrons. The topological polar surface area (TPSA) is 95.9 Å². The molecule has 0 amide bonds. The zero-order chi connectivity index (χ0) is 26.4. The Labute approximate surface area is 219 Å². The second-order valence-electron chi connectivity index (χ2n) is 9.63. The maximum Gasteiger partial charge on any atom is 0.247 e. The summed E-state index contributed by atoms with van der Waals surface area (Å²) in [5.41, 5.74) is 2.86. The first-order valence-corrected chi connectivity index (χ1v) is 13.8. The highest BCUT2D eigenvalue weighted by molar-refractivity contribution is 7.89. The van der Waals surface area contributed by atoms with Crippen molar-refractivity contribution in [2.75, 3.05) is 26.7 Å². The smallest absolute Gasteiger partial charge is 0.247 e. The standard InChI is InChI=1S/C28H34N4O4S/c1-21-16-32(22(2)19-33)37(34,35)28-12-11-24(10-9-23-7-5-4-6-8-23)13-26(28)36-27(21)18-31(3)17-25-14-29-20-30-15-25/h4-15,20-22,27,33H,16-19H2,1-3H3/b10-9+/t21-,22-,27-/m0/s1. The number of benzene rings is 2. The summed E-state index contributed by atoms with van der Waals surface area (Å²) in [6.07, 6.45) is 8.70. The monoisotopic (exact) mass is 522 g/mol. The van der Waals surface area contributed by atoms with Gasteiger partial charge in [-0.15, -0.1) is 0 Å². The summed E-state index contributed by atoms with van der Waals surface area (Å²) >= 11 is 0. The van der Waals surface area contributed by atoms with Crippen LogP contribution in [0.3, 0.4) is 0 Å². The van der Waals surface area contributed by atoms with Gasteiger partial charge in [0, 0.05) is 49.6 Å². The molecule has 0 unspecified atom stereocenters. The maximum atomic E-state index is 13.7. The van der Waals surface area contributed by atoms with Crippen molar-refractivity contribution < 1.29 is 18.3 Å². The number of fused-ring (bicyclic) bond motifs is 1. The number of nitrogens with zero attached hydrogens (tertiary/aromatic N) is 4. The minimum Gasteiger partial charge on any atom is -0.487 e. The van der Waals surface area contributed by atoms with Crippen molar-refractivity contribution in [3.8, 4) is 5.75 Å². The molecule has 9 heteroatoms. The number of hydrogen-bond donors (Lipinski definition) is 1. The number of aliphatic hydroxyl groups excluding tert-OH is 1. The highest BCUT2D eigenvalue weighted by Gasteiger charge is 2.38. The van der Waals surface area contributed by atoms with Crippen molar-refractivity contribution in [2.24, 2.45) is 5.92 Å². The fourth-order valence-electron chi connectivity index (χ4n) is 4.42. The van der Waals surface area contributed by atoms with E-state index in [0.717, 1.165) is 16.7 Å². The Hall–Kier alpha value is -3.11. The fraction of sp³-hybridized carbons (Fsp3) is 0.357. The van der Waals surface area contributed by atoms with Crippen molar-refractivity contribution in [3.63, 3.8) is 0 Å². The molecule has 0 saturated heterocycles. The molecule has 1 aliphatic heterocycles. The highest BCUT2D eigenvalue weighted by atomic mass is 32.2. The van der Waals surface area contributed by atoms with Gasteiger partial charge in [-0.25, -0.2) is 18.4 Å². The second-order valence-corrected chi connectivity index (χ2v) is 11.5. The molecule has 3 aromatic rings. The SMILES string of the molecule is C[C@H]1CN([C@@H](C)CO)S(=O)(=O)c2ccc(/C=C/c3ccccc3)cc2O[C@H]1CN(C)Cc1cncnc1. The summed E-state index contributed by atoms with van der Waals surface area (Å²) in [6, 6.07) is 14.5. The molecule has 4 rings (SSSR count). The van der Waals surface area contributed by atoms with Gasteiger partial charge in [-0.1, -0.05) is 55.5 Å². The second kappa shape index (κ2) is 12.0. The summed E-state index contributed by atoms with van der Waals surface area (Å²) in [4.78, 5) is 10.4. The van der Waals surface area contributed by atoms with Gasteiger partial charge in [0.1, 0.15) is 23.1 Å². The molecular formula is C28H34N4O4S. The van der Waals surface area contributed by atoms with E-state index in [1.54, 1.807) is 37.5 Å². The van der Waals surface area contributed by atoms with E-state index in [9.17, 15) is 13.5 Å². The quantitative estimate of drug-likeness (QED) is 0.452. The largest absolute Gasteiger partial charge is 0.487 e. The van der Waals surface area contributed by atoms with Crippen LogP contribution < -0.4 is 4.74 Å². The van der Waals surface area contributed by atoms with Gasteiger partial charge in [0.25, 0.3) is 0 Å². The first kappa shape index (κ1) is 26.9. The van der Waals surface area contributed by atoms with Gasteiger partial charge in [-0.05, 0) is 37.2 Å². The molecule has 8 nitrogen and oxygen atoms in total. The van der Waals surface area contributed by atoms with Crippen LogP contribution >= 0.6 is 0 Å². The molecule has 0 radical (unpaired) electrons. The number of aliphatic hydroxyl groups is 1. The predicted molar refractivity (Wildman–Crippen MR) is 144 cm³/mol. The Kier molecular flexibility index (Phi) is 8.71. The van der Waals surface area contributed by atoms with E-state index in [1.807, 2.05) is 56.5 Å². The third-order valence-corrected chi connectivity index (χ3v) is 8.54. The lowest BCUT2D eigenvalue weighted by Crippen LogP contribution is -2.49. The van der Waals surface area contributed by atoms with Gasteiger partial charge < -0.3 is 9.84 Å². The lowest BCUT2D eigenvalue weighted by atomic mass is 10.0. The van der Waals surface area contributed by atoms with Crippen LogP contribution in [0, 0.1) is 5.92 Å². The number of aromatic nitrogens is 2. The average molecular weight is 523 g/mol. The lowest BCUT2D eigenvalue weighted by Gasteiger charge is -2.37. The average Bonchev–Trinajstić information content (AvgIpc) is 2.90. The molecule has 1 N–H and O–H groups in total. The summed E-state index contributed by atoms with van der Waals surface area (Å²) in [5.74, 6) is 0.188. The van der Waals surface area contributed by atoms with Crippen LogP contribution in [0.4, 0.5) is 0 Å². The van der Waals surface area contributed by atoms with Gasteiger partial charge in [-0.3, -0.25) is 4.90 Å². The van der Waals surface area contributed by atoms with E-state index in [4.69, 9.17) is 4.74 Å². The van der Waals surface area contributed by atoms with Crippen LogP contribution in [-0.2, 0) is 16.6 Å². The molecular weight excluding hydrogens is 488 g/mol. The fourth-order valence-corrected chi connectivity index (χ4v) is 6.24. The molecule has 2 heterocycles. The third kappa shape index (κ3) is 6.61. The van der Waals surface area contributed by atoms with E-state index in [-0.39, 0.29) is 30.1 Å². The molecule has 2 aromatic carbocycles. The normalized spacial score (nSPS) is 20.7. The highest BCUT2D eigenvalue weighted by Crippen LogP contribution is 2.34. The van der Waals surface area contributed by atoms with E-state index in [2.05, 4.69) is 14.9 Å². The third-order valence-electron chi connectivity index (χ3n) is 6.52. The van der Waals surface area contributed by atoms with E-state index >= 15 is 0 Å². The Bertz CT molecular complexity index is 1300. The summed E-state index contributed by atoms with van der Waals surface area (Å²) in [6.45, 7) is 4.89. The van der Waals surface area contributed by atoms with Gasteiger partial charge >= 0.3 is 0 Å².